The Morgan fingerprint density at radius 2 is 1.93 bits per heavy atom. The molecule has 0 radical (unpaired) electrons. The van der Waals surface area contributed by atoms with Crippen molar-refractivity contribution in [1.82, 2.24) is 19.7 Å². The topological polar surface area (TPSA) is 72.7 Å². The summed E-state index contributed by atoms with van der Waals surface area (Å²) in [6.45, 7) is 8.25. The van der Waals surface area contributed by atoms with Crippen LogP contribution in [0.25, 0.3) is 5.95 Å². The second kappa shape index (κ2) is 8.45. The van der Waals surface area contributed by atoms with Crippen LogP contribution >= 0.6 is 27.7 Å². The highest BCUT2D eigenvalue weighted by Crippen LogP contribution is 2.27. The molecule has 2 aromatic heterocycles. The van der Waals surface area contributed by atoms with Gasteiger partial charge in [0.15, 0.2) is 0 Å². The molecule has 1 aromatic carbocycles. The summed E-state index contributed by atoms with van der Waals surface area (Å²) in [5.41, 5.74) is 1.82. The van der Waals surface area contributed by atoms with Crippen molar-refractivity contribution in [3.05, 3.63) is 58.5 Å². The average molecular weight is 460 g/mol. The van der Waals surface area contributed by atoms with Gasteiger partial charge >= 0.3 is 0 Å². The van der Waals surface area contributed by atoms with Gasteiger partial charge in [-0.1, -0.05) is 36.7 Å². The minimum atomic E-state index is -0.164. The van der Waals surface area contributed by atoms with Crippen LogP contribution in [-0.2, 0) is 10.2 Å². The molecule has 0 bridgehead atoms. The monoisotopic (exact) mass is 459 g/mol. The van der Waals surface area contributed by atoms with Crippen molar-refractivity contribution in [2.75, 3.05) is 11.1 Å². The van der Waals surface area contributed by atoms with Crippen molar-refractivity contribution in [2.45, 2.75) is 38.0 Å². The molecule has 3 rings (SSSR count). The molecule has 0 aliphatic heterocycles. The van der Waals surface area contributed by atoms with Gasteiger partial charge in [-0.2, -0.15) is 9.78 Å². The van der Waals surface area contributed by atoms with Crippen LogP contribution in [0, 0.1) is 6.92 Å². The van der Waals surface area contributed by atoms with Crippen LogP contribution in [0.5, 0.6) is 0 Å². The third-order valence-corrected chi connectivity index (χ3v) is 5.65. The van der Waals surface area contributed by atoms with Crippen LogP contribution in [0.1, 0.15) is 32.0 Å². The van der Waals surface area contributed by atoms with Crippen molar-refractivity contribution in [2.24, 2.45) is 0 Å². The van der Waals surface area contributed by atoms with Crippen molar-refractivity contribution in [3.8, 4) is 5.95 Å². The molecule has 0 atom stereocenters. The van der Waals surface area contributed by atoms with Gasteiger partial charge in [0, 0.05) is 33.2 Å². The van der Waals surface area contributed by atoms with Crippen LogP contribution < -0.4 is 5.32 Å². The Kier molecular flexibility index (Phi) is 6.20. The Bertz CT molecular complexity index is 982. The van der Waals surface area contributed by atoms with Crippen LogP contribution in [0.3, 0.4) is 0 Å². The van der Waals surface area contributed by atoms with Gasteiger partial charge in [0.05, 0.1) is 11.4 Å². The van der Waals surface area contributed by atoms with E-state index in [1.165, 1.54) is 11.8 Å². The van der Waals surface area contributed by atoms with Crippen LogP contribution in [-0.4, -0.2) is 31.4 Å². The fourth-order valence-electron chi connectivity index (χ4n) is 2.49. The Morgan fingerprint density at radius 3 is 2.57 bits per heavy atom. The Hall–Kier alpha value is -2.19. The molecular weight excluding hydrogens is 438 g/mol. The highest BCUT2D eigenvalue weighted by Gasteiger charge is 2.22. The molecule has 0 fully saturated rings. The maximum Gasteiger partial charge on any atom is 0.252 e. The number of benzene rings is 1. The van der Waals surface area contributed by atoms with E-state index in [4.69, 9.17) is 0 Å². The first-order valence-corrected chi connectivity index (χ1v) is 10.6. The largest absolute Gasteiger partial charge is 0.310 e. The molecule has 0 aliphatic carbocycles. The summed E-state index contributed by atoms with van der Waals surface area (Å²) in [4.78, 5) is 22.2. The highest BCUT2D eigenvalue weighted by atomic mass is 79.9. The summed E-state index contributed by atoms with van der Waals surface area (Å²) >= 11 is 4.96. The predicted molar refractivity (Wildman–Crippen MR) is 116 cm³/mol. The number of aryl methyl sites for hydroxylation is 1. The number of nitrogens with one attached hydrogen (secondary N) is 1. The van der Waals surface area contributed by atoms with Gasteiger partial charge in [0.2, 0.25) is 5.91 Å². The molecule has 6 nitrogen and oxygen atoms in total. The fourth-order valence-corrected chi connectivity index (χ4v) is 3.77. The number of nitrogens with zero attached hydrogens (tertiary/aromatic N) is 4. The fraction of sp³-hybridized carbons (Fsp3) is 0.300. The minimum Gasteiger partial charge on any atom is -0.310 e. The maximum absolute atomic E-state index is 12.6. The molecule has 3 aromatic rings. The number of carbonyl (C=O) groups is 1. The molecule has 0 saturated carbocycles. The van der Waals surface area contributed by atoms with E-state index in [0.717, 1.165) is 20.6 Å². The van der Waals surface area contributed by atoms with Crippen LogP contribution in [0.15, 0.2) is 52.1 Å². The van der Waals surface area contributed by atoms with Gasteiger partial charge in [-0.05, 0) is 36.8 Å². The number of hydrogen-bond acceptors (Lipinski definition) is 5. The van der Waals surface area contributed by atoms with E-state index in [1.54, 1.807) is 23.1 Å². The molecule has 0 aliphatic rings. The molecule has 8 heteroatoms. The molecular formula is C20H22BrN5OS. The van der Waals surface area contributed by atoms with Crippen molar-refractivity contribution < 1.29 is 4.79 Å². The minimum absolute atomic E-state index is 0.107. The van der Waals surface area contributed by atoms with Gasteiger partial charge in [-0.25, -0.2) is 9.97 Å². The number of aromatic nitrogens is 4. The molecule has 2 heterocycles. The molecule has 1 N–H and O–H groups in total. The zero-order valence-corrected chi connectivity index (χ0v) is 18.6. The lowest BCUT2D eigenvalue weighted by molar-refractivity contribution is -0.113. The van der Waals surface area contributed by atoms with Gasteiger partial charge in [0.1, 0.15) is 5.82 Å². The summed E-state index contributed by atoms with van der Waals surface area (Å²) in [5, 5.41) is 7.57. The van der Waals surface area contributed by atoms with E-state index in [9.17, 15) is 4.79 Å². The number of thioether (sulfide) groups is 1. The van der Waals surface area contributed by atoms with E-state index in [1.807, 2.05) is 31.2 Å². The van der Waals surface area contributed by atoms with Crippen LogP contribution in [0.4, 0.5) is 5.82 Å². The summed E-state index contributed by atoms with van der Waals surface area (Å²) in [5.74, 6) is 1.18. The number of hydrogen-bond donors (Lipinski definition) is 1. The van der Waals surface area contributed by atoms with Gasteiger partial charge in [-0.3, -0.25) is 4.79 Å². The highest BCUT2D eigenvalue weighted by molar-refractivity contribution is 9.10. The Balaban J connectivity index is 1.78. The smallest absolute Gasteiger partial charge is 0.252 e. The maximum atomic E-state index is 12.6. The second-order valence-corrected chi connectivity index (χ2v) is 9.30. The normalized spacial score (nSPS) is 11.5. The second-order valence-electron chi connectivity index (χ2n) is 7.37. The lowest BCUT2D eigenvalue weighted by Gasteiger charge is -2.13. The molecule has 146 valence electrons. The lowest BCUT2D eigenvalue weighted by atomic mass is 9.92. The number of anilines is 1. The summed E-state index contributed by atoms with van der Waals surface area (Å²) in [6.07, 6.45) is 3.30. The lowest BCUT2D eigenvalue weighted by Crippen LogP contribution is -2.17. The molecule has 1 amide bonds. The van der Waals surface area contributed by atoms with Gasteiger partial charge in [0.25, 0.3) is 5.95 Å². The quantitative estimate of drug-likeness (QED) is 0.556. The van der Waals surface area contributed by atoms with Crippen molar-refractivity contribution in [1.29, 1.82) is 0 Å². The number of amides is 1. The third-order valence-electron chi connectivity index (χ3n) is 3.98. The SMILES string of the molecule is Cc1cc(Br)ccc1SCC(=O)Nc1cc(C(C)(C)C)nn1-c1ncccn1. The van der Waals surface area contributed by atoms with Crippen LogP contribution in [0.2, 0.25) is 0 Å². The molecule has 28 heavy (non-hydrogen) atoms. The number of halogens is 1. The van der Waals surface area contributed by atoms with E-state index in [0.29, 0.717) is 17.5 Å². The zero-order valence-electron chi connectivity index (χ0n) is 16.2. The Labute approximate surface area is 177 Å². The molecule has 0 saturated heterocycles. The van der Waals surface area contributed by atoms with E-state index >= 15 is 0 Å². The first-order chi connectivity index (χ1) is 13.2. The van der Waals surface area contributed by atoms with Gasteiger partial charge in [-0.15, -0.1) is 11.8 Å². The van der Waals surface area contributed by atoms with E-state index in [-0.39, 0.29) is 11.3 Å². The Morgan fingerprint density at radius 1 is 1.21 bits per heavy atom. The number of rotatable bonds is 5. The summed E-state index contributed by atoms with van der Waals surface area (Å²) in [6, 6.07) is 9.65. The van der Waals surface area contributed by atoms with Crippen molar-refractivity contribution >= 4 is 39.4 Å². The third kappa shape index (κ3) is 4.99. The van der Waals surface area contributed by atoms with E-state index < -0.39 is 0 Å². The first-order valence-electron chi connectivity index (χ1n) is 8.81. The first kappa shape index (κ1) is 20.5. The predicted octanol–water partition coefficient (Wildman–Crippen LogP) is 4.76. The molecule has 0 unspecified atom stereocenters. The molecule has 0 spiro atoms. The standard InChI is InChI=1S/C20H22BrN5OS/c1-13-10-14(21)6-7-15(13)28-12-18(27)24-17-11-16(20(2,3)4)25-26(17)19-22-8-5-9-23-19/h5-11H,12H2,1-4H3,(H,24,27). The van der Waals surface area contributed by atoms with Crippen molar-refractivity contribution in [3.63, 3.8) is 0 Å². The summed E-state index contributed by atoms with van der Waals surface area (Å²) in [7, 11) is 0. The number of carbonyl (C=O) groups excluding carboxylic acids is 1. The zero-order chi connectivity index (χ0) is 20.3. The van der Waals surface area contributed by atoms with Gasteiger partial charge < -0.3 is 5.32 Å². The summed E-state index contributed by atoms with van der Waals surface area (Å²) < 4.78 is 2.61. The van der Waals surface area contributed by atoms with E-state index in [2.05, 4.69) is 57.1 Å². The average Bonchev–Trinajstić information content (AvgIpc) is 3.06.